The molecule has 0 saturated heterocycles. The lowest BCUT2D eigenvalue weighted by Crippen LogP contribution is -2.03. The quantitative estimate of drug-likeness (QED) is 0.381. The summed E-state index contributed by atoms with van der Waals surface area (Å²) in [6.45, 7) is 7.25. The third-order valence-electron chi connectivity index (χ3n) is 4.27. The van der Waals surface area contributed by atoms with Crippen molar-refractivity contribution in [1.29, 1.82) is 0 Å². The molecule has 1 saturated carbocycles. The normalized spacial score (nSPS) is 14.2. The van der Waals surface area contributed by atoms with Gasteiger partial charge < -0.3 is 14.1 Å². The first-order chi connectivity index (χ1) is 12.2. The van der Waals surface area contributed by atoms with E-state index in [1.54, 1.807) is 6.21 Å². The van der Waals surface area contributed by atoms with Gasteiger partial charge in [-0.1, -0.05) is 10.3 Å². The highest BCUT2D eigenvalue weighted by molar-refractivity contribution is 5.80. The van der Waals surface area contributed by atoms with Gasteiger partial charge in [0.2, 0.25) is 0 Å². The zero-order valence-corrected chi connectivity index (χ0v) is 15.2. The van der Waals surface area contributed by atoms with Crippen LogP contribution >= 0.6 is 0 Å². The van der Waals surface area contributed by atoms with Crippen LogP contribution in [0.25, 0.3) is 0 Å². The Labute approximate surface area is 149 Å². The largest absolute Gasteiger partial charge is 0.493 e. The van der Waals surface area contributed by atoms with Crippen molar-refractivity contribution in [2.45, 2.75) is 52.4 Å². The molecule has 1 aliphatic carbocycles. The molecular weight excluding hydrogens is 316 g/mol. The van der Waals surface area contributed by atoms with E-state index in [0.717, 1.165) is 46.7 Å². The molecule has 0 bridgehead atoms. The van der Waals surface area contributed by atoms with E-state index < -0.39 is 0 Å². The standard InChI is InChI=1S/C20H26N2O3/c1-4-24-21-13-16-10-14(2)20(15(3)11-16)23-9-5-6-18-12-19(22-25-18)17-7-8-17/h10-13,17H,4-9H2,1-3H3. The molecule has 0 radical (unpaired) electrons. The predicted octanol–water partition coefficient (Wildman–Crippen LogP) is 4.55. The second-order valence-electron chi connectivity index (χ2n) is 6.58. The van der Waals surface area contributed by atoms with E-state index in [4.69, 9.17) is 14.1 Å². The molecule has 0 aliphatic heterocycles. The van der Waals surface area contributed by atoms with Gasteiger partial charge in [0.05, 0.1) is 18.5 Å². The minimum atomic E-state index is 0.572. The molecule has 25 heavy (non-hydrogen) atoms. The van der Waals surface area contributed by atoms with Gasteiger partial charge in [0.15, 0.2) is 0 Å². The van der Waals surface area contributed by atoms with Crippen molar-refractivity contribution in [3.05, 3.63) is 46.3 Å². The summed E-state index contributed by atoms with van der Waals surface area (Å²) in [6, 6.07) is 6.22. The number of aryl methyl sites for hydroxylation is 3. The van der Waals surface area contributed by atoms with E-state index in [1.807, 2.05) is 6.92 Å². The molecule has 0 atom stereocenters. The van der Waals surface area contributed by atoms with Gasteiger partial charge in [-0.25, -0.2) is 0 Å². The summed E-state index contributed by atoms with van der Waals surface area (Å²) in [7, 11) is 0. The fourth-order valence-electron chi connectivity index (χ4n) is 2.90. The van der Waals surface area contributed by atoms with E-state index in [0.29, 0.717) is 19.1 Å². The van der Waals surface area contributed by atoms with Crippen molar-refractivity contribution >= 4 is 6.21 Å². The Morgan fingerprint density at radius 2 is 2.00 bits per heavy atom. The summed E-state index contributed by atoms with van der Waals surface area (Å²) < 4.78 is 11.4. The Bertz CT molecular complexity index is 709. The Morgan fingerprint density at radius 1 is 1.24 bits per heavy atom. The molecule has 5 heteroatoms. The molecule has 1 heterocycles. The van der Waals surface area contributed by atoms with Crippen molar-refractivity contribution in [2.75, 3.05) is 13.2 Å². The Balaban J connectivity index is 1.50. The number of ether oxygens (including phenoxy) is 1. The highest BCUT2D eigenvalue weighted by Crippen LogP contribution is 2.39. The molecule has 3 rings (SSSR count). The van der Waals surface area contributed by atoms with Gasteiger partial charge in [-0.15, -0.1) is 0 Å². The second-order valence-corrected chi connectivity index (χ2v) is 6.58. The van der Waals surface area contributed by atoms with Gasteiger partial charge >= 0.3 is 0 Å². The number of oxime groups is 1. The monoisotopic (exact) mass is 342 g/mol. The van der Waals surface area contributed by atoms with E-state index in [2.05, 4.69) is 42.4 Å². The zero-order valence-electron chi connectivity index (χ0n) is 15.2. The van der Waals surface area contributed by atoms with Crippen LogP contribution in [0.3, 0.4) is 0 Å². The number of benzene rings is 1. The van der Waals surface area contributed by atoms with Crippen molar-refractivity contribution in [3.8, 4) is 5.75 Å². The minimum absolute atomic E-state index is 0.572. The number of hydrogen-bond acceptors (Lipinski definition) is 5. The van der Waals surface area contributed by atoms with Gasteiger partial charge in [-0.2, -0.15) is 0 Å². The summed E-state index contributed by atoms with van der Waals surface area (Å²) in [5.74, 6) is 2.55. The van der Waals surface area contributed by atoms with E-state index in [-0.39, 0.29) is 0 Å². The van der Waals surface area contributed by atoms with Crippen LogP contribution in [0.2, 0.25) is 0 Å². The Hall–Kier alpha value is -2.30. The molecule has 134 valence electrons. The SMILES string of the molecule is CCON=Cc1cc(C)c(OCCCc2cc(C3CC3)no2)c(C)c1. The van der Waals surface area contributed by atoms with Crippen LogP contribution in [0, 0.1) is 13.8 Å². The van der Waals surface area contributed by atoms with E-state index >= 15 is 0 Å². The topological polar surface area (TPSA) is 56.9 Å². The average molecular weight is 342 g/mol. The third kappa shape index (κ3) is 4.84. The predicted molar refractivity (Wildman–Crippen MR) is 97.4 cm³/mol. The molecule has 2 aromatic rings. The van der Waals surface area contributed by atoms with Gasteiger partial charge in [-0.3, -0.25) is 0 Å². The minimum Gasteiger partial charge on any atom is -0.493 e. The molecule has 0 N–H and O–H groups in total. The number of aromatic nitrogens is 1. The number of nitrogens with zero attached hydrogens (tertiary/aromatic N) is 2. The van der Waals surface area contributed by atoms with Crippen molar-refractivity contribution < 1.29 is 14.1 Å². The molecule has 0 unspecified atom stereocenters. The van der Waals surface area contributed by atoms with E-state index in [1.165, 1.54) is 12.8 Å². The maximum Gasteiger partial charge on any atom is 0.137 e. The maximum atomic E-state index is 6.00. The van der Waals surface area contributed by atoms with Gasteiger partial charge in [0.1, 0.15) is 18.1 Å². The van der Waals surface area contributed by atoms with Gasteiger partial charge in [0, 0.05) is 18.4 Å². The van der Waals surface area contributed by atoms with Crippen molar-refractivity contribution in [3.63, 3.8) is 0 Å². The first-order valence-corrected chi connectivity index (χ1v) is 9.02. The number of hydrogen-bond donors (Lipinski definition) is 0. The lowest BCUT2D eigenvalue weighted by Gasteiger charge is -2.12. The molecule has 1 aromatic heterocycles. The van der Waals surface area contributed by atoms with Crippen LogP contribution in [-0.2, 0) is 11.3 Å². The summed E-state index contributed by atoms with van der Waals surface area (Å²) in [5, 5.41) is 8.06. The van der Waals surface area contributed by atoms with Gasteiger partial charge in [0.25, 0.3) is 0 Å². The summed E-state index contributed by atoms with van der Waals surface area (Å²) in [5.41, 5.74) is 4.35. The zero-order chi connectivity index (χ0) is 17.6. The second kappa shape index (κ2) is 8.19. The Kier molecular flexibility index (Phi) is 5.74. The highest BCUT2D eigenvalue weighted by Gasteiger charge is 2.26. The number of rotatable bonds is 9. The molecule has 1 fully saturated rings. The van der Waals surface area contributed by atoms with E-state index in [9.17, 15) is 0 Å². The summed E-state index contributed by atoms with van der Waals surface area (Å²) in [4.78, 5) is 5.01. The highest BCUT2D eigenvalue weighted by atomic mass is 16.6. The fourth-order valence-corrected chi connectivity index (χ4v) is 2.90. The first-order valence-electron chi connectivity index (χ1n) is 9.02. The Morgan fingerprint density at radius 3 is 2.68 bits per heavy atom. The molecule has 1 aliphatic rings. The van der Waals surface area contributed by atoms with Crippen LogP contribution in [0.4, 0.5) is 0 Å². The maximum absolute atomic E-state index is 6.00. The molecular formula is C20H26N2O3. The van der Waals surface area contributed by atoms with Crippen molar-refractivity contribution in [2.24, 2.45) is 5.16 Å². The molecule has 0 amide bonds. The molecule has 0 spiro atoms. The van der Waals surface area contributed by atoms with Crippen LogP contribution in [0.1, 0.15) is 60.2 Å². The summed E-state index contributed by atoms with van der Waals surface area (Å²) >= 11 is 0. The van der Waals surface area contributed by atoms with Crippen LogP contribution < -0.4 is 4.74 Å². The smallest absolute Gasteiger partial charge is 0.137 e. The molecule has 1 aromatic carbocycles. The molecule has 5 nitrogen and oxygen atoms in total. The van der Waals surface area contributed by atoms with Crippen LogP contribution in [0.15, 0.2) is 27.9 Å². The van der Waals surface area contributed by atoms with Crippen LogP contribution in [0.5, 0.6) is 5.75 Å². The summed E-state index contributed by atoms with van der Waals surface area (Å²) in [6.07, 6.45) is 6.00. The fraction of sp³-hybridized carbons (Fsp3) is 0.500. The van der Waals surface area contributed by atoms with Crippen molar-refractivity contribution in [1.82, 2.24) is 5.16 Å². The lowest BCUT2D eigenvalue weighted by atomic mass is 10.1. The van der Waals surface area contributed by atoms with Crippen LogP contribution in [-0.4, -0.2) is 24.6 Å². The lowest BCUT2D eigenvalue weighted by molar-refractivity contribution is 0.160. The third-order valence-corrected chi connectivity index (χ3v) is 4.27. The van der Waals surface area contributed by atoms with Gasteiger partial charge in [-0.05, 0) is 68.9 Å². The average Bonchev–Trinajstić information content (AvgIpc) is 3.33. The first kappa shape index (κ1) is 17.5.